The summed E-state index contributed by atoms with van der Waals surface area (Å²) in [5.74, 6) is 0.924. The molecule has 158 valence electrons. The zero-order valence-electron chi connectivity index (χ0n) is 16.1. The maximum Gasteiger partial charge on any atom is 0.409 e. The van der Waals surface area contributed by atoms with Gasteiger partial charge in [0.2, 0.25) is 6.23 Å². The first-order valence-corrected chi connectivity index (χ1v) is 10.5. The number of halogens is 1. The number of ether oxygens (including phenoxy) is 2. The lowest BCUT2D eigenvalue weighted by atomic mass is 9.98. The van der Waals surface area contributed by atoms with Gasteiger partial charge in [-0.1, -0.05) is 18.2 Å². The molecule has 1 aliphatic rings. The van der Waals surface area contributed by atoms with Crippen LogP contribution in [-0.2, 0) is 4.74 Å². The normalized spacial score (nSPS) is 15.7. The van der Waals surface area contributed by atoms with Crippen molar-refractivity contribution in [2.45, 2.75) is 25.0 Å². The highest BCUT2D eigenvalue weighted by Crippen LogP contribution is 2.33. The number of carbonyl (C=O) groups is 1. The molecule has 1 unspecified atom stereocenters. The second-order valence-corrected chi connectivity index (χ2v) is 7.64. The highest BCUT2D eigenvalue weighted by Gasteiger charge is 2.28. The third-order valence-corrected chi connectivity index (χ3v) is 5.82. The molecular weight excluding hydrogens is 411 g/mol. The van der Waals surface area contributed by atoms with Crippen LogP contribution in [0.3, 0.4) is 0 Å². The van der Waals surface area contributed by atoms with Gasteiger partial charge in [-0.2, -0.15) is 4.68 Å². The van der Waals surface area contributed by atoms with Gasteiger partial charge >= 0.3 is 6.09 Å². The lowest BCUT2D eigenvalue weighted by Crippen LogP contribution is -2.38. The van der Waals surface area contributed by atoms with Crippen molar-refractivity contribution in [2.24, 2.45) is 0 Å². The van der Waals surface area contributed by atoms with Crippen LogP contribution in [0.25, 0.3) is 0 Å². The zero-order valence-corrected chi connectivity index (χ0v) is 16.9. The molecule has 1 aromatic carbocycles. The summed E-state index contributed by atoms with van der Waals surface area (Å²) >= 11 is 1.56. The summed E-state index contributed by atoms with van der Waals surface area (Å²) < 4.78 is 24.7. The van der Waals surface area contributed by atoms with Crippen LogP contribution in [0.1, 0.15) is 35.7 Å². The van der Waals surface area contributed by atoms with Crippen LogP contribution in [0, 0.1) is 0 Å². The zero-order chi connectivity index (χ0) is 20.8. The lowest BCUT2D eigenvalue weighted by molar-refractivity contribution is 0.0874. The van der Waals surface area contributed by atoms with E-state index >= 15 is 0 Å². The number of alkyl halides is 1. The van der Waals surface area contributed by atoms with E-state index in [1.165, 1.54) is 11.0 Å². The highest BCUT2D eigenvalue weighted by atomic mass is 32.1. The van der Waals surface area contributed by atoms with Crippen molar-refractivity contribution in [3.8, 4) is 5.75 Å². The van der Waals surface area contributed by atoms with Crippen molar-refractivity contribution in [1.29, 1.82) is 0 Å². The number of tetrazole rings is 1. The van der Waals surface area contributed by atoms with Gasteiger partial charge < -0.3 is 14.4 Å². The average molecular weight is 432 g/mol. The summed E-state index contributed by atoms with van der Waals surface area (Å²) in [4.78, 5) is 18.3. The number of para-hydroxylation sites is 1. The van der Waals surface area contributed by atoms with E-state index in [1.807, 2.05) is 35.7 Å². The Morgan fingerprint density at radius 3 is 2.77 bits per heavy atom. The van der Waals surface area contributed by atoms with Crippen LogP contribution in [-0.4, -0.2) is 62.6 Å². The predicted octanol–water partition coefficient (Wildman–Crippen LogP) is 3.04. The molecule has 0 aliphatic carbocycles. The van der Waals surface area contributed by atoms with E-state index in [0.717, 1.165) is 23.5 Å². The molecule has 11 heteroatoms. The minimum Gasteiger partial charge on any atom is -0.463 e. The van der Waals surface area contributed by atoms with Gasteiger partial charge in [-0.05, 0) is 35.4 Å². The molecule has 0 bridgehead atoms. The van der Waals surface area contributed by atoms with Crippen molar-refractivity contribution < 1.29 is 18.7 Å². The molecule has 0 saturated carbocycles. The fourth-order valence-electron chi connectivity index (χ4n) is 3.28. The van der Waals surface area contributed by atoms with Crippen molar-refractivity contribution in [1.82, 2.24) is 30.1 Å². The number of hydrogen-bond donors (Lipinski definition) is 0. The highest BCUT2D eigenvalue weighted by molar-refractivity contribution is 7.09. The van der Waals surface area contributed by atoms with Crippen LogP contribution < -0.4 is 4.74 Å². The van der Waals surface area contributed by atoms with E-state index in [2.05, 4.69) is 15.5 Å². The van der Waals surface area contributed by atoms with Crippen molar-refractivity contribution in [2.75, 3.05) is 26.4 Å². The quantitative estimate of drug-likeness (QED) is 0.566. The fraction of sp³-hybridized carbons (Fsp3) is 0.421. The summed E-state index contributed by atoms with van der Waals surface area (Å²) in [6.07, 6.45) is 2.00. The van der Waals surface area contributed by atoms with Gasteiger partial charge in [0.25, 0.3) is 0 Å². The monoisotopic (exact) mass is 432 g/mol. The average Bonchev–Trinajstić information content (AvgIpc) is 3.49. The summed E-state index contributed by atoms with van der Waals surface area (Å²) in [6, 6.07) is 9.43. The number of benzene rings is 1. The van der Waals surface area contributed by atoms with Crippen molar-refractivity contribution in [3.05, 3.63) is 52.7 Å². The minimum atomic E-state index is -0.669. The lowest BCUT2D eigenvalue weighted by Gasteiger charge is -2.30. The van der Waals surface area contributed by atoms with Gasteiger partial charge in [-0.3, -0.25) is 0 Å². The number of likely N-dealkylation sites (tertiary alicyclic amines) is 1. The molecule has 3 heterocycles. The number of piperidine rings is 1. The number of thiazole rings is 1. The molecule has 4 rings (SSSR count). The van der Waals surface area contributed by atoms with Crippen LogP contribution >= 0.6 is 11.3 Å². The Balaban J connectivity index is 1.44. The molecule has 9 nitrogen and oxygen atoms in total. The van der Waals surface area contributed by atoms with E-state index in [1.54, 1.807) is 16.2 Å². The van der Waals surface area contributed by atoms with Crippen molar-refractivity contribution in [3.63, 3.8) is 0 Å². The van der Waals surface area contributed by atoms with E-state index in [9.17, 15) is 9.18 Å². The Hall–Kier alpha value is -3.08. The maximum atomic E-state index is 12.2. The van der Waals surface area contributed by atoms with Gasteiger partial charge in [-0.25, -0.2) is 14.2 Å². The number of carbonyl (C=O) groups excluding carboxylic acids is 1. The molecule has 1 amide bonds. The number of hydrogen-bond acceptors (Lipinski definition) is 8. The summed E-state index contributed by atoms with van der Waals surface area (Å²) in [7, 11) is 0. The Kier molecular flexibility index (Phi) is 6.47. The second kappa shape index (κ2) is 9.61. The fourth-order valence-corrected chi connectivity index (χ4v) is 4.28. The smallest absolute Gasteiger partial charge is 0.409 e. The Bertz CT molecular complexity index is 931. The molecule has 30 heavy (non-hydrogen) atoms. The van der Waals surface area contributed by atoms with Gasteiger partial charge in [0, 0.05) is 24.4 Å². The van der Waals surface area contributed by atoms with Crippen molar-refractivity contribution >= 4 is 17.4 Å². The SMILES string of the molecule is O=C(OCCF)N1CCC(c2nc(C(Oc3ccccc3)n3cnnn3)cs2)CC1. The molecular formula is C19H21FN6O3S. The minimum absolute atomic E-state index is 0.200. The topological polar surface area (TPSA) is 95.3 Å². The third kappa shape index (κ3) is 4.73. The van der Waals surface area contributed by atoms with E-state index in [-0.39, 0.29) is 12.5 Å². The van der Waals surface area contributed by atoms with E-state index in [4.69, 9.17) is 14.5 Å². The standard InChI is InChI=1S/C19H21FN6O3S/c20-8-11-28-19(27)25-9-6-14(7-10-25)17-22-16(12-30-17)18(26-13-21-23-24-26)29-15-4-2-1-3-5-15/h1-5,12-14,18H,6-11H2. The Labute approximate surface area is 176 Å². The van der Waals surface area contributed by atoms with Gasteiger partial charge in [0.15, 0.2) is 0 Å². The van der Waals surface area contributed by atoms with Gasteiger partial charge in [0.1, 0.15) is 31.1 Å². The molecule has 0 radical (unpaired) electrons. The number of nitrogens with zero attached hydrogens (tertiary/aromatic N) is 6. The maximum absolute atomic E-state index is 12.2. The van der Waals surface area contributed by atoms with E-state index in [0.29, 0.717) is 18.8 Å². The number of aromatic nitrogens is 5. The first-order chi connectivity index (χ1) is 14.7. The molecule has 0 spiro atoms. The second-order valence-electron chi connectivity index (χ2n) is 6.75. The largest absolute Gasteiger partial charge is 0.463 e. The van der Waals surface area contributed by atoms with Crippen LogP contribution in [0.2, 0.25) is 0 Å². The van der Waals surface area contributed by atoms with Crippen LogP contribution in [0.5, 0.6) is 5.75 Å². The third-order valence-electron chi connectivity index (χ3n) is 4.79. The predicted molar refractivity (Wildman–Crippen MR) is 106 cm³/mol. The molecule has 2 aromatic heterocycles. The first kappa shape index (κ1) is 20.2. The molecule has 1 fully saturated rings. The van der Waals surface area contributed by atoms with Gasteiger partial charge in [0.05, 0.1) is 5.01 Å². The summed E-state index contributed by atoms with van der Waals surface area (Å²) in [5.41, 5.74) is 0.718. The summed E-state index contributed by atoms with van der Waals surface area (Å²) in [5, 5.41) is 14.3. The molecule has 0 N–H and O–H groups in total. The van der Waals surface area contributed by atoms with Gasteiger partial charge in [-0.15, -0.1) is 16.4 Å². The Morgan fingerprint density at radius 2 is 2.07 bits per heavy atom. The molecule has 1 atom stereocenters. The molecule has 1 saturated heterocycles. The van der Waals surface area contributed by atoms with Crippen LogP contribution in [0.4, 0.5) is 9.18 Å². The first-order valence-electron chi connectivity index (χ1n) is 9.61. The summed E-state index contributed by atoms with van der Waals surface area (Å²) in [6.45, 7) is 0.245. The van der Waals surface area contributed by atoms with Crippen LogP contribution in [0.15, 0.2) is 42.0 Å². The number of rotatable bonds is 7. The van der Waals surface area contributed by atoms with E-state index < -0.39 is 19.0 Å². The Morgan fingerprint density at radius 1 is 1.27 bits per heavy atom. The molecule has 3 aromatic rings. The molecule has 1 aliphatic heterocycles. The number of amides is 1.